The Morgan fingerprint density at radius 2 is 2.10 bits per heavy atom. The average molecular weight is 332 g/mol. The Morgan fingerprint density at radius 1 is 1.43 bits per heavy atom. The molecule has 1 saturated heterocycles. The minimum atomic E-state index is -0.289. The standard InChI is InChI=1S/C14H19Cl2N3O2/c15-11-6-9(17)7-12(16)14(11)18-13(21)3-5-19-4-1-2-10(20)8-19/h6-7,10,20H,1-5,8,17H2,(H,18,21). The summed E-state index contributed by atoms with van der Waals surface area (Å²) in [6.45, 7) is 2.14. The van der Waals surface area contributed by atoms with Crippen LogP contribution in [-0.2, 0) is 4.79 Å². The molecular weight excluding hydrogens is 313 g/mol. The van der Waals surface area contributed by atoms with E-state index in [1.54, 1.807) is 12.1 Å². The van der Waals surface area contributed by atoms with Gasteiger partial charge in [0.05, 0.1) is 21.8 Å². The van der Waals surface area contributed by atoms with Crippen LogP contribution in [0, 0.1) is 0 Å². The molecule has 2 rings (SSSR count). The molecule has 1 heterocycles. The van der Waals surface area contributed by atoms with Gasteiger partial charge in [-0.25, -0.2) is 0 Å². The van der Waals surface area contributed by atoms with Crippen molar-refractivity contribution in [3.63, 3.8) is 0 Å². The first-order valence-corrected chi connectivity index (χ1v) is 7.66. The molecule has 5 nitrogen and oxygen atoms in total. The molecule has 1 atom stereocenters. The van der Waals surface area contributed by atoms with E-state index >= 15 is 0 Å². The van der Waals surface area contributed by atoms with Gasteiger partial charge in [0.15, 0.2) is 0 Å². The molecule has 7 heteroatoms. The summed E-state index contributed by atoms with van der Waals surface area (Å²) in [7, 11) is 0. The third-order valence-electron chi connectivity index (χ3n) is 3.46. The Bertz CT molecular complexity index is 502. The second-order valence-electron chi connectivity index (χ2n) is 5.25. The van der Waals surface area contributed by atoms with E-state index in [1.165, 1.54) is 0 Å². The van der Waals surface area contributed by atoms with Gasteiger partial charge < -0.3 is 21.1 Å². The molecule has 1 aromatic carbocycles. The number of hydrogen-bond donors (Lipinski definition) is 3. The number of carbonyl (C=O) groups excluding carboxylic acids is 1. The zero-order valence-electron chi connectivity index (χ0n) is 11.6. The highest BCUT2D eigenvalue weighted by atomic mass is 35.5. The van der Waals surface area contributed by atoms with Crippen molar-refractivity contribution in [1.82, 2.24) is 4.90 Å². The number of benzene rings is 1. The van der Waals surface area contributed by atoms with Crippen molar-refractivity contribution in [1.29, 1.82) is 0 Å². The summed E-state index contributed by atoms with van der Waals surface area (Å²) in [5.74, 6) is -0.163. The van der Waals surface area contributed by atoms with Crippen LogP contribution < -0.4 is 11.1 Å². The molecule has 1 unspecified atom stereocenters. The number of anilines is 2. The van der Waals surface area contributed by atoms with E-state index in [-0.39, 0.29) is 12.0 Å². The van der Waals surface area contributed by atoms with Crippen LogP contribution in [0.15, 0.2) is 12.1 Å². The van der Waals surface area contributed by atoms with Crippen molar-refractivity contribution in [3.8, 4) is 0 Å². The number of nitrogens with two attached hydrogens (primary N) is 1. The fourth-order valence-electron chi connectivity index (χ4n) is 2.41. The van der Waals surface area contributed by atoms with Crippen LogP contribution in [0.3, 0.4) is 0 Å². The summed E-state index contributed by atoms with van der Waals surface area (Å²) < 4.78 is 0. The minimum absolute atomic E-state index is 0.163. The third-order valence-corrected chi connectivity index (χ3v) is 4.06. The van der Waals surface area contributed by atoms with E-state index < -0.39 is 0 Å². The monoisotopic (exact) mass is 331 g/mol. The number of β-amino-alcohol motifs (C(OH)–C–C–N with tert-alkyl or cyclic N) is 1. The maximum atomic E-state index is 12.0. The molecule has 0 aromatic heterocycles. The summed E-state index contributed by atoms with van der Waals surface area (Å²) in [6.07, 6.45) is 1.82. The van der Waals surface area contributed by atoms with Crippen molar-refractivity contribution in [2.75, 3.05) is 30.7 Å². The molecule has 21 heavy (non-hydrogen) atoms. The van der Waals surface area contributed by atoms with Gasteiger partial charge in [0.25, 0.3) is 0 Å². The van der Waals surface area contributed by atoms with E-state index in [1.807, 2.05) is 0 Å². The highest BCUT2D eigenvalue weighted by Gasteiger charge is 2.18. The number of nitrogens with one attached hydrogen (secondary N) is 1. The van der Waals surface area contributed by atoms with Gasteiger partial charge in [0, 0.05) is 25.2 Å². The van der Waals surface area contributed by atoms with Crippen LogP contribution in [0.4, 0.5) is 11.4 Å². The number of aliphatic hydroxyl groups excluding tert-OH is 1. The molecular formula is C14H19Cl2N3O2. The number of likely N-dealkylation sites (tertiary alicyclic amines) is 1. The first-order chi connectivity index (χ1) is 9.95. The largest absolute Gasteiger partial charge is 0.399 e. The van der Waals surface area contributed by atoms with Crippen molar-refractivity contribution >= 4 is 40.5 Å². The smallest absolute Gasteiger partial charge is 0.225 e. The summed E-state index contributed by atoms with van der Waals surface area (Å²) in [5, 5.41) is 12.9. The van der Waals surface area contributed by atoms with Crippen LogP contribution in [0.5, 0.6) is 0 Å². The summed E-state index contributed by atoms with van der Waals surface area (Å²) in [4.78, 5) is 14.1. The summed E-state index contributed by atoms with van der Waals surface area (Å²) in [6, 6.07) is 3.09. The van der Waals surface area contributed by atoms with E-state index in [2.05, 4.69) is 10.2 Å². The van der Waals surface area contributed by atoms with E-state index in [9.17, 15) is 9.90 Å². The molecule has 116 valence electrons. The van der Waals surface area contributed by atoms with Crippen molar-refractivity contribution in [3.05, 3.63) is 22.2 Å². The van der Waals surface area contributed by atoms with E-state index in [4.69, 9.17) is 28.9 Å². The highest BCUT2D eigenvalue weighted by Crippen LogP contribution is 2.32. The van der Waals surface area contributed by atoms with Crippen molar-refractivity contribution in [2.24, 2.45) is 0 Å². The van der Waals surface area contributed by atoms with E-state index in [0.29, 0.717) is 40.9 Å². The number of nitrogens with zero attached hydrogens (tertiary/aromatic N) is 1. The van der Waals surface area contributed by atoms with Crippen LogP contribution in [-0.4, -0.2) is 41.7 Å². The van der Waals surface area contributed by atoms with Crippen LogP contribution in [0.2, 0.25) is 10.0 Å². The predicted octanol–water partition coefficient (Wildman–Crippen LogP) is 2.36. The predicted molar refractivity (Wildman–Crippen MR) is 85.8 cm³/mol. The van der Waals surface area contributed by atoms with Gasteiger partial charge in [-0.05, 0) is 31.5 Å². The number of nitrogen functional groups attached to an aromatic ring is 1. The van der Waals surface area contributed by atoms with Gasteiger partial charge in [0.2, 0.25) is 5.91 Å². The maximum Gasteiger partial charge on any atom is 0.225 e. The molecule has 1 amide bonds. The Morgan fingerprint density at radius 3 is 2.71 bits per heavy atom. The first kappa shape index (κ1) is 16.4. The minimum Gasteiger partial charge on any atom is -0.399 e. The molecule has 1 fully saturated rings. The summed E-state index contributed by atoms with van der Waals surface area (Å²) in [5.41, 5.74) is 6.45. The quantitative estimate of drug-likeness (QED) is 0.740. The lowest BCUT2D eigenvalue weighted by atomic mass is 10.1. The van der Waals surface area contributed by atoms with Crippen molar-refractivity contribution in [2.45, 2.75) is 25.4 Å². The Labute approximate surface area is 134 Å². The maximum absolute atomic E-state index is 12.0. The van der Waals surface area contributed by atoms with Gasteiger partial charge in [-0.2, -0.15) is 0 Å². The molecule has 1 aromatic rings. The van der Waals surface area contributed by atoms with Gasteiger partial charge in [-0.15, -0.1) is 0 Å². The summed E-state index contributed by atoms with van der Waals surface area (Å²) >= 11 is 12.0. The van der Waals surface area contributed by atoms with Gasteiger partial charge in [-0.3, -0.25) is 4.79 Å². The topological polar surface area (TPSA) is 78.6 Å². The molecule has 1 aliphatic rings. The highest BCUT2D eigenvalue weighted by molar-refractivity contribution is 6.40. The Hall–Kier alpha value is -1.01. The second kappa shape index (κ2) is 7.31. The Kier molecular flexibility index (Phi) is 5.70. The average Bonchev–Trinajstić information content (AvgIpc) is 2.40. The number of aliphatic hydroxyl groups is 1. The van der Waals surface area contributed by atoms with Crippen LogP contribution in [0.1, 0.15) is 19.3 Å². The zero-order valence-corrected chi connectivity index (χ0v) is 13.1. The van der Waals surface area contributed by atoms with Gasteiger partial charge in [0.1, 0.15) is 0 Å². The molecule has 0 aliphatic carbocycles. The fourth-order valence-corrected chi connectivity index (χ4v) is 3.01. The van der Waals surface area contributed by atoms with Crippen molar-refractivity contribution < 1.29 is 9.90 Å². The number of hydrogen-bond acceptors (Lipinski definition) is 4. The Balaban J connectivity index is 1.87. The molecule has 0 saturated carbocycles. The third kappa shape index (κ3) is 4.74. The zero-order chi connectivity index (χ0) is 15.4. The molecule has 0 radical (unpaired) electrons. The van der Waals surface area contributed by atoms with Gasteiger partial charge in [-0.1, -0.05) is 23.2 Å². The lowest BCUT2D eigenvalue weighted by Crippen LogP contribution is -2.39. The molecule has 0 spiro atoms. The molecule has 0 bridgehead atoms. The van der Waals surface area contributed by atoms with Crippen LogP contribution >= 0.6 is 23.2 Å². The number of piperidine rings is 1. The number of carbonyl (C=O) groups is 1. The lowest BCUT2D eigenvalue weighted by Gasteiger charge is -2.29. The number of amides is 1. The first-order valence-electron chi connectivity index (χ1n) is 6.90. The molecule has 4 N–H and O–H groups in total. The SMILES string of the molecule is Nc1cc(Cl)c(NC(=O)CCN2CCCC(O)C2)c(Cl)c1. The lowest BCUT2D eigenvalue weighted by molar-refractivity contribution is -0.116. The van der Waals surface area contributed by atoms with E-state index in [0.717, 1.165) is 19.4 Å². The van der Waals surface area contributed by atoms with Gasteiger partial charge >= 0.3 is 0 Å². The fraction of sp³-hybridized carbons (Fsp3) is 0.500. The normalized spacial score (nSPS) is 19.5. The number of halogens is 2. The second-order valence-corrected chi connectivity index (χ2v) is 6.07. The molecule has 1 aliphatic heterocycles. The number of rotatable bonds is 4. The van der Waals surface area contributed by atoms with Crippen LogP contribution in [0.25, 0.3) is 0 Å².